The standard InChI is InChI=1S/C17H20FNS/c18-15-9-7-13(8-10-15)12-19-17(14-4-1-2-5-14)16-6-3-11-20-16/h3,6-11,14,17,19H,1-2,4-5,12H2. The summed E-state index contributed by atoms with van der Waals surface area (Å²) >= 11 is 1.83. The number of nitrogens with one attached hydrogen (secondary N) is 1. The smallest absolute Gasteiger partial charge is 0.123 e. The first-order chi connectivity index (χ1) is 9.83. The van der Waals surface area contributed by atoms with E-state index in [1.54, 1.807) is 0 Å². The van der Waals surface area contributed by atoms with E-state index in [1.807, 2.05) is 23.5 Å². The lowest BCUT2D eigenvalue weighted by atomic mass is 9.96. The van der Waals surface area contributed by atoms with Crippen molar-refractivity contribution in [3.63, 3.8) is 0 Å². The van der Waals surface area contributed by atoms with Crippen molar-refractivity contribution in [1.82, 2.24) is 5.32 Å². The Hall–Kier alpha value is -1.19. The van der Waals surface area contributed by atoms with Gasteiger partial charge in [-0.05, 0) is 47.9 Å². The Morgan fingerprint density at radius 2 is 1.90 bits per heavy atom. The first-order valence-electron chi connectivity index (χ1n) is 7.34. The molecule has 0 spiro atoms. The molecule has 2 aromatic rings. The third kappa shape index (κ3) is 3.28. The molecule has 1 aromatic heterocycles. The molecule has 1 N–H and O–H groups in total. The van der Waals surface area contributed by atoms with Crippen LogP contribution in [0.3, 0.4) is 0 Å². The number of halogens is 1. The normalized spacial score (nSPS) is 17.4. The second-order valence-electron chi connectivity index (χ2n) is 5.54. The van der Waals surface area contributed by atoms with Crippen LogP contribution in [0.5, 0.6) is 0 Å². The molecular weight excluding hydrogens is 269 g/mol. The van der Waals surface area contributed by atoms with E-state index >= 15 is 0 Å². The summed E-state index contributed by atoms with van der Waals surface area (Å²) in [5.74, 6) is 0.577. The van der Waals surface area contributed by atoms with Gasteiger partial charge in [-0.3, -0.25) is 0 Å². The number of benzene rings is 1. The Kier molecular flexibility index (Phi) is 4.48. The molecule has 0 saturated heterocycles. The van der Waals surface area contributed by atoms with Gasteiger partial charge in [0.05, 0.1) is 0 Å². The monoisotopic (exact) mass is 289 g/mol. The van der Waals surface area contributed by atoms with Crippen LogP contribution in [0.1, 0.15) is 42.2 Å². The molecule has 106 valence electrons. The maximum absolute atomic E-state index is 12.9. The van der Waals surface area contributed by atoms with Crippen LogP contribution in [0.25, 0.3) is 0 Å². The highest BCUT2D eigenvalue weighted by Crippen LogP contribution is 2.37. The fourth-order valence-electron chi connectivity index (χ4n) is 3.09. The minimum atomic E-state index is -0.167. The van der Waals surface area contributed by atoms with Crippen molar-refractivity contribution in [1.29, 1.82) is 0 Å². The summed E-state index contributed by atoms with van der Waals surface area (Å²) in [5.41, 5.74) is 1.14. The lowest BCUT2D eigenvalue weighted by Crippen LogP contribution is -2.26. The van der Waals surface area contributed by atoms with Crippen molar-refractivity contribution >= 4 is 11.3 Å². The maximum atomic E-state index is 12.9. The van der Waals surface area contributed by atoms with Crippen LogP contribution < -0.4 is 5.32 Å². The topological polar surface area (TPSA) is 12.0 Å². The quantitative estimate of drug-likeness (QED) is 0.824. The minimum Gasteiger partial charge on any atom is -0.305 e. The van der Waals surface area contributed by atoms with Crippen LogP contribution in [-0.4, -0.2) is 0 Å². The van der Waals surface area contributed by atoms with Crippen molar-refractivity contribution in [2.45, 2.75) is 38.3 Å². The fraction of sp³-hybridized carbons (Fsp3) is 0.412. The summed E-state index contributed by atoms with van der Waals surface area (Å²) < 4.78 is 12.9. The molecule has 1 fully saturated rings. The predicted molar refractivity (Wildman–Crippen MR) is 82.3 cm³/mol. The van der Waals surface area contributed by atoms with Crippen molar-refractivity contribution in [2.75, 3.05) is 0 Å². The van der Waals surface area contributed by atoms with E-state index in [1.165, 1.54) is 42.7 Å². The van der Waals surface area contributed by atoms with Crippen molar-refractivity contribution < 1.29 is 4.39 Å². The molecule has 0 bridgehead atoms. The Balaban J connectivity index is 1.68. The van der Waals surface area contributed by atoms with E-state index in [9.17, 15) is 4.39 Å². The largest absolute Gasteiger partial charge is 0.305 e. The molecule has 3 heteroatoms. The number of rotatable bonds is 5. The van der Waals surface area contributed by atoms with Crippen molar-refractivity contribution in [3.8, 4) is 0 Å². The Morgan fingerprint density at radius 1 is 1.15 bits per heavy atom. The zero-order valence-corrected chi connectivity index (χ0v) is 12.3. The van der Waals surface area contributed by atoms with E-state index in [0.717, 1.165) is 18.0 Å². The second-order valence-corrected chi connectivity index (χ2v) is 6.52. The maximum Gasteiger partial charge on any atom is 0.123 e. The second kappa shape index (κ2) is 6.51. The summed E-state index contributed by atoms with van der Waals surface area (Å²) in [4.78, 5) is 1.43. The van der Waals surface area contributed by atoms with Crippen molar-refractivity contribution in [3.05, 3.63) is 58.0 Å². The first-order valence-corrected chi connectivity index (χ1v) is 8.22. The van der Waals surface area contributed by atoms with E-state index in [4.69, 9.17) is 0 Å². The van der Waals surface area contributed by atoms with E-state index in [0.29, 0.717) is 6.04 Å². The molecule has 1 saturated carbocycles. The van der Waals surface area contributed by atoms with Crippen LogP contribution in [0.4, 0.5) is 4.39 Å². The van der Waals surface area contributed by atoms with Gasteiger partial charge in [-0.25, -0.2) is 4.39 Å². The van der Waals surface area contributed by atoms with Crippen LogP contribution in [0, 0.1) is 11.7 Å². The summed E-state index contributed by atoms with van der Waals surface area (Å²) in [6.07, 6.45) is 5.34. The Morgan fingerprint density at radius 3 is 2.55 bits per heavy atom. The molecule has 0 aliphatic heterocycles. The Bertz CT molecular complexity index is 514. The van der Waals surface area contributed by atoms with E-state index in [2.05, 4.69) is 22.8 Å². The van der Waals surface area contributed by atoms with Crippen LogP contribution in [0.2, 0.25) is 0 Å². The van der Waals surface area contributed by atoms with Crippen LogP contribution in [0.15, 0.2) is 41.8 Å². The summed E-state index contributed by atoms with van der Waals surface area (Å²) in [5, 5.41) is 5.84. The van der Waals surface area contributed by atoms with Gasteiger partial charge in [0, 0.05) is 17.5 Å². The highest BCUT2D eigenvalue weighted by molar-refractivity contribution is 7.10. The zero-order valence-electron chi connectivity index (χ0n) is 11.5. The molecule has 0 amide bonds. The molecule has 1 heterocycles. The van der Waals surface area contributed by atoms with Crippen molar-refractivity contribution in [2.24, 2.45) is 5.92 Å². The molecule has 1 nitrogen and oxygen atoms in total. The average Bonchev–Trinajstić information content (AvgIpc) is 3.14. The molecule has 1 unspecified atom stereocenters. The Labute approximate surface area is 123 Å². The van der Waals surface area contributed by atoms with Gasteiger partial charge in [0.1, 0.15) is 5.82 Å². The zero-order chi connectivity index (χ0) is 13.8. The molecule has 20 heavy (non-hydrogen) atoms. The van der Waals surface area contributed by atoms with E-state index < -0.39 is 0 Å². The highest BCUT2D eigenvalue weighted by atomic mass is 32.1. The first kappa shape index (κ1) is 13.8. The highest BCUT2D eigenvalue weighted by Gasteiger charge is 2.26. The third-order valence-corrected chi connectivity index (χ3v) is 5.12. The van der Waals surface area contributed by atoms with Gasteiger partial charge in [0.2, 0.25) is 0 Å². The lowest BCUT2D eigenvalue weighted by Gasteiger charge is -2.24. The number of hydrogen-bond acceptors (Lipinski definition) is 2. The third-order valence-electron chi connectivity index (χ3n) is 4.16. The van der Waals surface area contributed by atoms with Gasteiger partial charge < -0.3 is 5.32 Å². The van der Waals surface area contributed by atoms with Crippen LogP contribution >= 0.6 is 11.3 Å². The van der Waals surface area contributed by atoms with Crippen LogP contribution in [-0.2, 0) is 6.54 Å². The van der Waals surface area contributed by atoms with Gasteiger partial charge >= 0.3 is 0 Å². The lowest BCUT2D eigenvalue weighted by molar-refractivity contribution is 0.371. The fourth-order valence-corrected chi connectivity index (χ4v) is 3.98. The summed E-state index contributed by atoms with van der Waals surface area (Å²) in [6, 6.07) is 11.6. The molecule has 1 aliphatic carbocycles. The molecule has 1 aliphatic rings. The molecular formula is C17H20FNS. The average molecular weight is 289 g/mol. The van der Waals surface area contributed by atoms with E-state index in [-0.39, 0.29) is 5.82 Å². The number of thiophene rings is 1. The van der Waals surface area contributed by atoms with Gasteiger partial charge in [-0.2, -0.15) is 0 Å². The molecule has 3 rings (SSSR count). The van der Waals surface area contributed by atoms with Gasteiger partial charge in [0.25, 0.3) is 0 Å². The SMILES string of the molecule is Fc1ccc(CNC(c2cccs2)C2CCCC2)cc1. The van der Waals surface area contributed by atoms with Gasteiger partial charge in [-0.15, -0.1) is 11.3 Å². The summed E-state index contributed by atoms with van der Waals surface area (Å²) in [7, 11) is 0. The van der Waals surface area contributed by atoms with Gasteiger partial charge in [-0.1, -0.05) is 31.0 Å². The molecule has 0 radical (unpaired) electrons. The predicted octanol–water partition coefficient (Wildman–Crippen LogP) is 4.91. The summed E-state index contributed by atoms with van der Waals surface area (Å²) in [6.45, 7) is 0.805. The van der Waals surface area contributed by atoms with Gasteiger partial charge in [0.15, 0.2) is 0 Å². The molecule has 1 aromatic carbocycles. The number of hydrogen-bond donors (Lipinski definition) is 1. The minimum absolute atomic E-state index is 0.167. The molecule has 1 atom stereocenters.